The molecule has 0 spiro atoms. The first-order chi connectivity index (χ1) is 11.3. The molecule has 2 aromatic rings. The average Bonchev–Trinajstić information content (AvgIpc) is 2.61. The number of carbonyl (C=O) groups is 1. The summed E-state index contributed by atoms with van der Waals surface area (Å²) in [5.41, 5.74) is 4.32. The van der Waals surface area contributed by atoms with Crippen LogP contribution >= 0.6 is 12.4 Å². The third-order valence-electron chi connectivity index (χ3n) is 4.59. The van der Waals surface area contributed by atoms with Crippen LogP contribution in [0.5, 0.6) is 5.75 Å². The van der Waals surface area contributed by atoms with Crippen molar-refractivity contribution in [3.63, 3.8) is 0 Å². The van der Waals surface area contributed by atoms with E-state index >= 15 is 0 Å². The second-order valence-corrected chi connectivity index (χ2v) is 6.12. The van der Waals surface area contributed by atoms with Crippen LogP contribution in [0.25, 0.3) is 0 Å². The molecule has 0 radical (unpaired) electrons. The van der Waals surface area contributed by atoms with Crippen LogP contribution in [0.4, 0.5) is 11.4 Å². The lowest BCUT2D eigenvalue weighted by atomic mass is 9.92. The van der Waals surface area contributed by atoms with Gasteiger partial charge in [0, 0.05) is 23.5 Å². The summed E-state index contributed by atoms with van der Waals surface area (Å²) in [7, 11) is 0. The number of hydrogen-bond donors (Lipinski definition) is 2. The lowest BCUT2D eigenvalue weighted by Crippen LogP contribution is -2.26. The van der Waals surface area contributed by atoms with Crippen LogP contribution < -0.4 is 15.4 Å². The van der Waals surface area contributed by atoms with Crippen molar-refractivity contribution >= 4 is 29.7 Å². The SMILES string of the molecule is Cl.O=C(Nc1ccc2c(c1)CCCN2)C1CCOc2ccccc21. The zero-order valence-electron chi connectivity index (χ0n) is 13.4. The molecule has 5 heteroatoms. The number of carbonyl (C=O) groups excluding carboxylic acids is 1. The number of aryl methyl sites for hydroxylation is 1. The molecular weight excluding hydrogens is 324 g/mol. The van der Waals surface area contributed by atoms with E-state index in [1.54, 1.807) is 0 Å². The Hall–Kier alpha value is -2.20. The van der Waals surface area contributed by atoms with E-state index in [1.165, 1.54) is 11.3 Å². The third kappa shape index (κ3) is 3.20. The molecule has 0 aromatic heterocycles. The Kier molecular flexibility index (Phi) is 4.95. The molecule has 4 nitrogen and oxygen atoms in total. The van der Waals surface area contributed by atoms with Gasteiger partial charge in [0.25, 0.3) is 0 Å². The Morgan fingerprint density at radius 3 is 3.00 bits per heavy atom. The van der Waals surface area contributed by atoms with Crippen molar-refractivity contribution in [1.29, 1.82) is 0 Å². The van der Waals surface area contributed by atoms with Crippen molar-refractivity contribution in [2.75, 3.05) is 23.8 Å². The van der Waals surface area contributed by atoms with Crippen LogP contribution in [0.2, 0.25) is 0 Å². The molecule has 2 heterocycles. The lowest BCUT2D eigenvalue weighted by molar-refractivity contribution is -0.118. The molecule has 0 saturated carbocycles. The number of ether oxygens (including phenoxy) is 1. The zero-order chi connectivity index (χ0) is 15.6. The normalized spacial score (nSPS) is 18.1. The molecular formula is C19H21ClN2O2. The fraction of sp³-hybridized carbons (Fsp3) is 0.316. The molecule has 0 saturated heterocycles. The molecule has 0 fully saturated rings. The summed E-state index contributed by atoms with van der Waals surface area (Å²) in [6.45, 7) is 1.61. The molecule has 4 rings (SSSR count). The lowest BCUT2D eigenvalue weighted by Gasteiger charge is -2.25. The number of anilines is 2. The third-order valence-corrected chi connectivity index (χ3v) is 4.59. The summed E-state index contributed by atoms with van der Waals surface area (Å²) in [4.78, 5) is 12.7. The highest BCUT2D eigenvalue weighted by Crippen LogP contribution is 2.34. The number of benzene rings is 2. The van der Waals surface area contributed by atoms with Gasteiger partial charge in [-0.1, -0.05) is 18.2 Å². The van der Waals surface area contributed by atoms with E-state index in [9.17, 15) is 4.79 Å². The molecule has 2 aliphatic heterocycles. The first-order valence-electron chi connectivity index (χ1n) is 8.21. The van der Waals surface area contributed by atoms with Crippen molar-refractivity contribution < 1.29 is 9.53 Å². The van der Waals surface area contributed by atoms with Crippen LogP contribution in [-0.2, 0) is 11.2 Å². The molecule has 1 unspecified atom stereocenters. The molecule has 1 amide bonds. The van der Waals surface area contributed by atoms with Crippen LogP contribution in [0.1, 0.15) is 29.9 Å². The van der Waals surface area contributed by atoms with Gasteiger partial charge in [-0.2, -0.15) is 0 Å². The van der Waals surface area contributed by atoms with E-state index < -0.39 is 0 Å². The molecule has 2 aromatic carbocycles. The number of halogens is 1. The monoisotopic (exact) mass is 344 g/mol. The predicted molar refractivity (Wildman–Crippen MR) is 98.4 cm³/mol. The first kappa shape index (κ1) is 16.7. The van der Waals surface area contributed by atoms with Crippen LogP contribution in [-0.4, -0.2) is 19.1 Å². The van der Waals surface area contributed by atoms with Gasteiger partial charge in [-0.25, -0.2) is 0 Å². The van der Waals surface area contributed by atoms with Gasteiger partial charge in [0.2, 0.25) is 5.91 Å². The highest BCUT2D eigenvalue weighted by Gasteiger charge is 2.27. The molecule has 24 heavy (non-hydrogen) atoms. The molecule has 1 atom stereocenters. The molecule has 126 valence electrons. The van der Waals surface area contributed by atoms with Gasteiger partial charge in [-0.15, -0.1) is 12.4 Å². The first-order valence-corrected chi connectivity index (χ1v) is 8.21. The quantitative estimate of drug-likeness (QED) is 0.866. The van der Waals surface area contributed by atoms with E-state index in [1.807, 2.05) is 30.3 Å². The largest absolute Gasteiger partial charge is 0.493 e. The van der Waals surface area contributed by atoms with Crippen LogP contribution in [0.15, 0.2) is 42.5 Å². The standard InChI is InChI=1S/C19H20N2O2.ClH/c22-19(16-9-11-23-18-6-2-1-5-15(16)18)21-14-7-8-17-13(12-14)4-3-10-20-17;/h1-2,5-8,12,16,20H,3-4,9-11H2,(H,21,22);1H. The van der Waals surface area contributed by atoms with E-state index in [-0.39, 0.29) is 24.2 Å². The Balaban J connectivity index is 0.00000169. The maximum Gasteiger partial charge on any atom is 0.232 e. The number of fused-ring (bicyclic) bond motifs is 2. The smallest absolute Gasteiger partial charge is 0.232 e. The number of amides is 1. The maximum atomic E-state index is 12.7. The van der Waals surface area contributed by atoms with E-state index in [4.69, 9.17) is 4.74 Å². The van der Waals surface area contributed by atoms with Crippen LogP contribution in [0.3, 0.4) is 0 Å². The number of rotatable bonds is 2. The van der Waals surface area contributed by atoms with Crippen molar-refractivity contribution in [1.82, 2.24) is 0 Å². The summed E-state index contributed by atoms with van der Waals surface area (Å²) in [5.74, 6) is 0.729. The summed E-state index contributed by atoms with van der Waals surface area (Å²) in [6.07, 6.45) is 2.92. The second-order valence-electron chi connectivity index (χ2n) is 6.12. The maximum absolute atomic E-state index is 12.7. The van der Waals surface area contributed by atoms with Crippen molar-refractivity contribution in [3.8, 4) is 5.75 Å². The molecule has 0 aliphatic carbocycles. The second kappa shape index (κ2) is 7.14. The molecule has 0 bridgehead atoms. The van der Waals surface area contributed by atoms with Gasteiger partial charge < -0.3 is 15.4 Å². The highest BCUT2D eigenvalue weighted by atomic mass is 35.5. The summed E-state index contributed by atoms with van der Waals surface area (Å²) >= 11 is 0. The van der Waals surface area contributed by atoms with Gasteiger partial charge in [0.05, 0.1) is 12.5 Å². The van der Waals surface area contributed by atoms with Gasteiger partial charge >= 0.3 is 0 Å². The number of para-hydroxylation sites is 1. The number of nitrogens with one attached hydrogen (secondary N) is 2. The van der Waals surface area contributed by atoms with E-state index in [0.717, 1.165) is 42.8 Å². The summed E-state index contributed by atoms with van der Waals surface area (Å²) in [6, 6.07) is 13.9. The topological polar surface area (TPSA) is 50.4 Å². The minimum Gasteiger partial charge on any atom is -0.493 e. The van der Waals surface area contributed by atoms with Gasteiger partial charge in [-0.05, 0) is 49.1 Å². The minimum absolute atomic E-state index is 0. The van der Waals surface area contributed by atoms with Gasteiger partial charge in [-0.3, -0.25) is 4.79 Å². The van der Waals surface area contributed by atoms with E-state index in [2.05, 4.69) is 22.8 Å². The van der Waals surface area contributed by atoms with Crippen molar-refractivity contribution in [2.24, 2.45) is 0 Å². The molecule has 2 N–H and O–H groups in total. The summed E-state index contributed by atoms with van der Waals surface area (Å²) in [5, 5.41) is 6.47. The van der Waals surface area contributed by atoms with Crippen LogP contribution in [0, 0.1) is 0 Å². The Bertz CT molecular complexity index is 748. The number of hydrogen-bond acceptors (Lipinski definition) is 3. The Morgan fingerprint density at radius 1 is 1.21 bits per heavy atom. The van der Waals surface area contributed by atoms with Crippen molar-refractivity contribution in [2.45, 2.75) is 25.2 Å². The Labute approximate surface area is 148 Å². The summed E-state index contributed by atoms with van der Waals surface area (Å²) < 4.78 is 5.64. The van der Waals surface area contributed by atoms with Gasteiger partial charge in [0.15, 0.2) is 0 Å². The predicted octanol–water partition coefficient (Wildman–Crippen LogP) is 3.97. The van der Waals surface area contributed by atoms with Crippen molar-refractivity contribution in [3.05, 3.63) is 53.6 Å². The fourth-order valence-electron chi connectivity index (χ4n) is 3.40. The minimum atomic E-state index is -0.144. The molecule has 2 aliphatic rings. The Morgan fingerprint density at radius 2 is 2.08 bits per heavy atom. The average molecular weight is 345 g/mol. The fourth-order valence-corrected chi connectivity index (χ4v) is 3.40. The van der Waals surface area contributed by atoms with E-state index in [0.29, 0.717) is 6.61 Å². The highest BCUT2D eigenvalue weighted by molar-refractivity contribution is 5.96. The zero-order valence-corrected chi connectivity index (χ0v) is 14.2. The van der Waals surface area contributed by atoms with Gasteiger partial charge in [0.1, 0.15) is 5.75 Å².